The summed E-state index contributed by atoms with van der Waals surface area (Å²) in [5.74, 6) is -1.63. The second-order valence-corrected chi connectivity index (χ2v) is 16.3. The van der Waals surface area contributed by atoms with Crippen LogP contribution in [0.25, 0.3) is 0 Å². The second kappa shape index (κ2) is 13.3. The topological polar surface area (TPSA) is 203 Å². The van der Waals surface area contributed by atoms with Crippen LogP contribution in [0.2, 0.25) is 0 Å². The number of esters is 2. The van der Waals surface area contributed by atoms with Crippen LogP contribution in [-0.4, -0.2) is 108 Å². The highest BCUT2D eigenvalue weighted by Crippen LogP contribution is 2.64. The lowest BCUT2D eigenvalue weighted by atomic mass is 9.73. The molecule has 7 aliphatic rings. The number of nitrogens with one attached hydrogen (secondary N) is 1. The number of benzene rings is 3. The highest BCUT2D eigenvalue weighted by Gasteiger charge is 2.61. The maximum Gasteiger partial charge on any atom is 0.331 e. The Hall–Kier alpha value is -5.39. The molecule has 57 heavy (non-hydrogen) atoms. The van der Waals surface area contributed by atoms with Crippen molar-refractivity contribution in [2.45, 2.75) is 68.1 Å². The van der Waals surface area contributed by atoms with E-state index in [0.717, 1.165) is 5.56 Å². The molecule has 4 bridgehead atoms. The number of phenolic OH excluding ortho intramolecular Hbond substituents is 2. The van der Waals surface area contributed by atoms with Crippen molar-refractivity contribution in [2.75, 3.05) is 47.0 Å². The third-order valence-corrected chi connectivity index (χ3v) is 13.8. The van der Waals surface area contributed by atoms with Crippen molar-refractivity contribution in [1.29, 1.82) is 0 Å². The van der Waals surface area contributed by atoms with Gasteiger partial charge in [-0.25, -0.2) is 4.79 Å². The van der Waals surface area contributed by atoms with Gasteiger partial charge in [0.1, 0.15) is 12.4 Å². The normalized spacial score (nSPS) is 26.8. The van der Waals surface area contributed by atoms with Gasteiger partial charge in [-0.05, 0) is 55.6 Å². The van der Waals surface area contributed by atoms with Crippen molar-refractivity contribution >= 4 is 35.6 Å². The number of rotatable bonds is 5. The lowest BCUT2D eigenvalue weighted by Gasteiger charge is -2.59. The molecule has 0 saturated carbocycles. The molecule has 300 valence electrons. The van der Waals surface area contributed by atoms with Crippen LogP contribution in [-0.2, 0) is 48.7 Å². The zero-order chi connectivity index (χ0) is 40.2. The molecule has 6 atom stereocenters. The number of hydrogen-bond acceptors (Lipinski definition) is 15. The quantitative estimate of drug-likeness (QED) is 0.216. The molecular weight excluding hydrogens is 763 g/mol. The number of amides is 1. The summed E-state index contributed by atoms with van der Waals surface area (Å²) in [5, 5.41) is 35.3. The van der Waals surface area contributed by atoms with Gasteiger partial charge in [-0.15, -0.1) is 11.8 Å². The molecule has 2 fully saturated rings. The van der Waals surface area contributed by atoms with Crippen LogP contribution >= 0.6 is 11.8 Å². The molecule has 7 aliphatic heterocycles. The average molecular weight is 804 g/mol. The molecule has 0 aromatic heterocycles. The van der Waals surface area contributed by atoms with Gasteiger partial charge in [0.05, 0.1) is 50.1 Å². The fraction of sp³-hybridized carbons (Fsp3) is 0.450. The molecule has 1 spiro atoms. The number of piperazine rings is 1. The van der Waals surface area contributed by atoms with E-state index < -0.39 is 59.3 Å². The number of aromatic hydroxyl groups is 2. The Morgan fingerprint density at radius 2 is 1.77 bits per heavy atom. The summed E-state index contributed by atoms with van der Waals surface area (Å²) < 4.78 is 35.6. The molecule has 4 N–H and O–H groups in total. The van der Waals surface area contributed by atoms with Gasteiger partial charge in [0.15, 0.2) is 40.0 Å². The molecule has 3 aromatic carbocycles. The highest BCUT2D eigenvalue weighted by atomic mass is 32.2. The monoisotopic (exact) mass is 803 g/mol. The number of nitrogens with zero attached hydrogens (tertiary/aromatic N) is 2. The fourth-order valence-corrected chi connectivity index (χ4v) is 11.6. The summed E-state index contributed by atoms with van der Waals surface area (Å²) in [6, 6.07) is 1.75. The van der Waals surface area contributed by atoms with Gasteiger partial charge in [-0.1, -0.05) is 6.07 Å². The summed E-state index contributed by atoms with van der Waals surface area (Å²) >= 11 is 1.36. The van der Waals surface area contributed by atoms with E-state index in [1.165, 1.54) is 32.9 Å². The maximum atomic E-state index is 15.1. The van der Waals surface area contributed by atoms with Gasteiger partial charge >= 0.3 is 17.9 Å². The van der Waals surface area contributed by atoms with Crippen LogP contribution in [0.3, 0.4) is 0 Å². The van der Waals surface area contributed by atoms with E-state index in [4.69, 9.17) is 28.4 Å². The molecule has 3 aromatic rings. The number of aliphatic carboxylic acids is 1. The lowest BCUT2D eigenvalue weighted by molar-refractivity contribution is -0.166. The van der Waals surface area contributed by atoms with E-state index in [2.05, 4.69) is 5.32 Å². The van der Waals surface area contributed by atoms with Crippen LogP contribution in [0.15, 0.2) is 18.2 Å². The lowest BCUT2D eigenvalue weighted by Crippen LogP contribution is -2.68. The number of carbonyl (C=O) groups is 4. The van der Waals surface area contributed by atoms with Gasteiger partial charge in [-0.2, -0.15) is 0 Å². The maximum absolute atomic E-state index is 15.1. The van der Waals surface area contributed by atoms with Crippen molar-refractivity contribution in [3.05, 3.63) is 62.7 Å². The van der Waals surface area contributed by atoms with Crippen molar-refractivity contribution in [1.82, 2.24) is 15.1 Å². The van der Waals surface area contributed by atoms with Crippen LogP contribution in [0.1, 0.15) is 68.8 Å². The zero-order valence-corrected chi connectivity index (χ0v) is 32.6. The van der Waals surface area contributed by atoms with E-state index in [1.54, 1.807) is 30.0 Å². The number of carboxylic acids is 1. The molecule has 0 radical (unpaired) electrons. The number of carbonyl (C=O) groups excluding carboxylic acids is 3. The Kier molecular flexibility index (Phi) is 8.71. The predicted octanol–water partition coefficient (Wildman–Crippen LogP) is 2.94. The molecule has 0 aliphatic carbocycles. The first kappa shape index (κ1) is 37.2. The predicted molar refractivity (Wildman–Crippen MR) is 200 cm³/mol. The van der Waals surface area contributed by atoms with Crippen molar-refractivity contribution in [3.63, 3.8) is 0 Å². The SMILES string of the molecule is COc1cc2c(cc1O)CCN[C@]21CS[C@@H]2c3c(OC(C)=O)c(C)c4c(c3[C@H](COC1=O)N1C(=O)[C@@H]3Cc5cc(CC(=O)O)c(OC)c(O)c5[C@H]([C@H]21)N3C)OCO4. The number of carboxylic acid groups (broad SMARTS) is 1. The minimum atomic E-state index is -1.44. The van der Waals surface area contributed by atoms with E-state index in [0.29, 0.717) is 57.8 Å². The number of phenols is 2. The summed E-state index contributed by atoms with van der Waals surface area (Å²) in [6.07, 6.45) is 0.269. The minimum Gasteiger partial charge on any atom is -0.504 e. The van der Waals surface area contributed by atoms with Crippen LogP contribution in [0, 0.1) is 6.92 Å². The van der Waals surface area contributed by atoms with Gasteiger partial charge in [0, 0.05) is 47.0 Å². The Morgan fingerprint density at radius 3 is 2.49 bits per heavy atom. The van der Waals surface area contributed by atoms with Gasteiger partial charge in [0.25, 0.3) is 0 Å². The Bertz CT molecular complexity index is 2300. The third kappa shape index (κ3) is 5.27. The van der Waals surface area contributed by atoms with Gasteiger partial charge in [0.2, 0.25) is 12.7 Å². The molecule has 0 unspecified atom stereocenters. The number of methoxy groups -OCH3 is 2. The molecule has 1 amide bonds. The smallest absolute Gasteiger partial charge is 0.331 e. The van der Waals surface area contributed by atoms with Crippen molar-refractivity contribution in [3.8, 4) is 40.2 Å². The first-order valence-corrected chi connectivity index (χ1v) is 19.6. The Balaban J connectivity index is 1.31. The Labute approximate surface area is 330 Å². The number of hydrogen-bond donors (Lipinski definition) is 4. The largest absolute Gasteiger partial charge is 0.504 e. The van der Waals surface area contributed by atoms with Crippen molar-refractivity contribution in [2.24, 2.45) is 0 Å². The van der Waals surface area contributed by atoms with E-state index in [-0.39, 0.29) is 65.8 Å². The number of ether oxygens (including phenoxy) is 6. The summed E-state index contributed by atoms with van der Waals surface area (Å²) in [6.45, 7) is 3.01. The Morgan fingerprint density at radius 1 is 1.00 bits per heavy atom. The summed E-state index contributed by atoms with van der Waals surface area (Å²) in [7, 11) is 4.61. The summed E-state index contributed by atoms with van der Waals surface area (Å²) in [4.78, 5) is 58.3. The number of fused-ring (bicyclic) bond motifs is 9. The average Bonchev–Trinajstić information content (AvgIpc) is 3.66. The van der Waals surface area contributed by atoms with E-state index in [9.17, 15) is 29.7 Å². The number of likely N-dealkylation sites (N-methyl/N-ethyl adjacent to an activating group) is 1. The van der Waals surface area contributed by atoms with Gasteiger partial charge in [-0.3, -0.25) is 24.6 Å². The van der Waals surface area contributed by atoms with Crippen LogP contribution < -0.4 is 29.0 Å². The van der Waals surface area contributed by atoms with Crippen LogP contribution in [0.5, 0.6) is 40.2 Å². The zero-order valence-electron chi connectivity index (χ0n) is 31.8. The molecular formula is C40H41N3O13S. The van der Waals surface area contributed by atoms with Crippen LogP contribution in [0.4, 0.5) is 0 Å². The molecule has 17 heteroatoms. The second-order valence-electron chi connectivity index (χ2n) is 15.2. The third-order valence-electron chi connectivity index (χ3n) is 12.3. The first-order valence-electron chi connectivity index (χ1n) is 18.6. The standard InChI is InChI=1S/C40H41N3O13S/c1-16-33(56-17(2)44)29-28(36-34(16)54-15-55-36)23-13-53-39(50)40(21-12-25(51-4)24(45)10-18(21)6-7-41-40)14-57-37(29)31-30-27-19(9-22(42(30)3)38(49)43(23)31)8-20(11-26(46)47)35(52-5)32(27)48/h8,10,12,22-23,30-31,37,41,45,48H,6-7,9,11,13-15H2,1-5H3,(H,46,47)/t22-,23-,30+,31+,37+,40+/m0/s1. The molecule has 7 heterocycles. The highest BCUT2D eigenvalue weighted by molar-refractivity contribution is 7.99. The first-order chi connectivity index (χ1) is 27.3. The summed E-state index contributed by atoms with van der Waals surface area (Å²) in [5.41, 5.74) is 2.82. The van der Waals surface area contributed by atoms with E-state index in [1.807, 2.05) is 11.9 Å². The molecule has 16 nitrogen and oxygen atoms in total. The minimum absolute atomic E-state index is 0.0254. The number of thioether (sulfide) groups is 1. The van der Waals surface area contributed by atoms with E-state index >= 15 is 4.79 Å². The van der Waals surface area contributed by atoms with Crippen molar-refractivity contribution < 1.29 is 62.9 Å². The molecule has 10 rings (SSSR count). The fourth-order valence-electron chi connectivity index (χ4n) is 9.97. The molecule has 2 saturated heterocycles. The van der Waals surface area contributed by atoms with Gasteiger partial charge < -0.3 is 48.6 Å².